The predicted molar refractivity (Wildman–Crippen MR) is 49.5 cm³/mol. The minimum atomic E-state index is 0. The van der Waals surface area contributed by atoms with Gasteiger partial charge in [-0.25, -0.2) is 0 Å². The number of rotatable bonds is 2. The first kappa shape index (κ1) is 12.6. The second kappa shape index (κ2) is 8.17. The van der Waals surface area contributed by atoms with Gasteiger partial charge >= 0.3 is 18.9 Å². The van der Waals surface area contributed by atoms with E-state index in [0.717, 1.165) is 6.42 Å². The molecule has 0 aromatic carbocycles. The summed E-state index contributed by atoms with van der Waals surface area (Å²) in [4.78, 5) is 2.56. The minimum absolute atomic E-state index is 0. The van der Waals surface area contributed by atoms with Crippen molar-refractivity contribution in [3.63, 3.8) is 0 Å². The molecule has 0 aliphatic carbocycles. The molecule has 1 rings (SSSR count). The van der Waals surface area contributed by atoms with Gasteiger partial charge in [0.1, 0.15) is 0 Å². The Kier molecular flexibility index (Phi) is 8.55. The van der Waals surface area contributed by atoms with Crippen LogP contribution in [0.15, 0.2) is 0 Å². The zero-order valence-electron chi connectivity index (χ0n) is 8.52. The molecule has 0 radical (unpaired) electrons. The van der Waals surface area contributed by atoms with Crippen LogP contribution in [-0.4, -0.2) is 24.5 Å². The molecule has 0 amide bonds. The van der Waals surface area contributed by atoms with E-state index >= 15 is 0 Å². The summed E-state index contributed by atoms with van der Waals surface area (Å²) in [7, 11) is 0. The van der Waals surface area contributed by atoms with E-state index < -0.39 is 0 Å². The maximum atomic E-state index is 3.89. The second-order valence-electron chi connectivity index (χ2n) is 3.46. The third-order valence-electron chi connectivity index (χ3n) is 2.42. The van der Waals surface area contributed by atoms with Gasteiger partial charge in [0.2, 0.25) is 0 Å². The molecule has 1 nitrogen and oxygen atoms in total. The molecule has 2 heteroatoms. The van der Waals surface area contributed by atoms with Crippen LogP contribution in [0.2, 0.25) is 0 Å². The summed E-state index contributed by atoms with van der Waals surface area (Å²) in [6, 6.07) is 0. The normalized spacial score (nSPS) is 20.8. The third kappa shape index (κ3) is 5.25. The average Bonchev–Trinajstić information content (AvgIpc) is 1.94. The summed E-state index contributed by atoms with van der Waals surface area (Å²) in [6.45, 7) is 7.73. The van der Waals surface area contributed by atoms with Crippen molar-refractivity contribution in [2.45, 2.75) is 38.5 Å². The molecule has 1 heterocycles. The standard InChI is InChI=1S/C10H20N.Li/c1-2-8-11-9-6-4-3-5-7-10-11;/h1-10H2;/q-1;+1. The summed E-state index contributed by atoms with van der Waals surface area (Å²) >= 11 is 0. The average molecular weight is 161 g/mol. The fourth-order valence-corrected chi connectivity index (χ4v) is 1.76. The molecule has 0 unspecified atom stereocenters. The third-order valence-corrected chi connectivity index (χ3v) is 2.42. The molecular formula is C10H20LiN. The van der Waals surface area contributed by atoms with Gasteiger partial charge < -0.3 is 11.8 Å². The van der Waals surface area contributed by atoms with E-state index in [-0.39, 0.29) is 18.9 Å². The van der Waals surface area contributed by atoms with E-state index in [0.29, 0.717) is 0 Å². The van der Waals surface area contributed by atoms with Gasteiger partial charge in [0.15, 0.2) is 0 Å². The van der Waals surface area contributed by atoms with E-state index in [2.05, 4.69) is 11.8 Å². The minimum Gasteiger partial charge on any atom is -0.342 e. The number of hydrogen-bond acceptors (Lipinski definition) is 1. The van der Waals surface area contributed by atoms with Crippen molar-refractivity contribution in [1.82, 2.24) is 4.90 Å². The smallest absolute Gasteiger partial charge is 0.342 e. The molecule has 1 fully saturated rings. The van der Waals surface area contributed by atoms with Crippen molar-refractivity contribution in [1.29, 1.82) is 0 Å². The molecular weight excluding hydrogens is 141 g/mol. The van der Waals surface area contributed by atoms with E-state index in [1.54, 1.807) is 0 Å². The van der Waals surface area contributed by atoms with E-state index in [1.165, 1.54) is 51.7 Å². The van der Waals surface area contributed by atoms with Crippen LogP contribution in [0.5, 0.6) is 0 Å². The topological polar surface area (TPSA) is 3.24 Å². The summed E-state index contributed by atoms with van der Waals surface area (Å²) in [6.07, 6.45) is 8.21. The summed E-state index contributed by atoms with van der Waals surface area (Å²) in [5.41, 5.74) is 0. The van der Waals surface area contributed by atoms with E-state index in [1.807, 2.05) is 0 Å². The zero-order chi connectivity index (χ0) is 7.94. The van der Waals surface area contributed by atoms with Gasteiger partial charge in [-0.3, -0.25) is 0 Å². The molecule has 0 saturated carbocycles. The largest absolute Gasteiger partial charge is 1.00 e. The molecule has 1 aliphatic heterocycles. The van der Waals surface area contributed by atoms with E-state index in [4.69, 9.17) is 0 Å². The zero-order valence-corrected chi connectivity index (χ0v) is 8.52. The van der Waals surface area contributed by atoms with Gasteiger partial charge in [0.25, 0.3) is 0 Å². The maximum absolute atomic E-state index is 3.89. The van der Waals surface area contributed by atoms with Crippen LogP contribution < -0.4 is 18.9 Å². The molecule has 0 spiro atoms. The fourth-order valence-electron chi connectivity index (χ4n) is 1.76. The maximum Gasteiger partial charge on any atom is 1.00 e. The first-order chi connectivity index (χ1) is 5.43. The molecule has 0 aromatic rings. The van der Waals surface area contributed by atoms with Crippen LogP contribution in [0.1, 0.15) is 38.5 Å². The van der Waals surface area contributed by atoms with Gasteiger partial charge in [-0.1, -0.05) is 19.3 Å². The summed E-state index contributed by atoms with van der Waals surface area (Å²) in [5.74, 6) is 0. The van der Waals surface area contributed by atoms with Crippen molar-refractivity contribution < 1.29 is 18.9 Å². The van der Waals surface area contributed by atoms with Crippen LogP contribution in [0, 0.1) is 6.92 Å². The van der Waals surface area contributed by atoms with Crippen LogP contribution >= 0.6 is 0 Å². The van der Waals surface area contributed by atoms with E-state index in [9.17, 15) is 0 Å². The Balaban J connectivity index is 0.00000121. The van der Waals surface area contributed by atoms with Crippen LogP contribution in [0.3, 0.4) is 0 Å². The van der Waals surface area contributed by atoms with Crippen molar-refractivity contribution >= 4 is 0 Å². The first-order valence-electron chi connectivity index (χ1n) is 4.95. The van der Waals surface area contributed by atoms with Crippen LogP contribution in [0.25, 0.3) is 0 Å². The fraction of sp³-hybridized carbons (Fsp3) is 0.900. The van der Waals surface area contributed by atoms with Gasteiger partial charge in [-0.05, 0) is 32.5 Å². The SMILES string of the molecule is [CH2-]CCN1CCCCCCC1.[Li+]. The molecule has 0 bridgehead atoms. The first-order valence-corrected chi connectivity index (χ1v) is 4.95. The Morgan fingerprint density at radius 3 is 1.92 bits per heavy atom. The van der Waals surface area contributed by atoms with Crippen molar-refractivity contribution in [3.8, 4) is 0 Å². The van der Waals surface area contributed by atoms with Gasteiger partial charge in [0, 0.05) is 0 Å². The Labute approximate surface area is 89.1 Å². The molecule has 0 atom stereocenters. The van der Waals surface area contributed by atoms with Crippen molar-refractivity contribution in [3.05, 3.63) is 6.92 Å². The summed E-state index contributed by atoms with van der Waals surface area (Å²) in [5, 5.41) is 0. The number of likely N-dealkylation sites (tertiary alicyclic amines) is 1. The Morgan fingerprint density at radius 1 is 0.917 bits per heavy atom. The van der Waals surface area contributed by atoms with Gasteiger partial charge in [0.05, 0.1) is 0 Å². The molecule has 12 heavy (non-hydrogen) atoms. The second-order valence-corrected chi connectivity index (χ2v) is 3.46. The van der Waals surface area contributed by atoms with Crippen molar-refractivity contribution in [2.24, 2.45) is 0 Å². The Bertz CT molecular complexity index is 87.8. The van der Waals surface area contributed by atoms with Crippen LogP contribution in [-0.2, 0) is 0 Å². The van der Waals surface area contributed by atoms with Crippen molar-refractivity contribution in [2.75, 3.05) is 19.6 Å². The number of hydrogen-bond donors (Lipinski definition) is 0. The molecule has 1 aliphatic rings. The summed E-state index contributed by atoms with van der Waals surface area (Å²) < 4.78 is 0. The quantitative estimate of drug-likeness (QED) is 0.389. The molecule has 66 valence electrons. The predicted octanol–water partition coefficient (Wildman–Crippen LogP) is -0.519. The molecule has 0 aromatic heterocycles. The Morgan fingerprint density at radius 2 is 1.42 bits per heavy atom. The van der Waals surface area contributed by atoms with Gasteiger partial charge in [-0.15, -0.1) is 0 Å². The van der Waals surface area contributed by atoms with Gasteiger partial charge in [-0.2, -0.15) is 6.42 Å². The molecule has 0 N–H and O–H groups in total. The number of nitrogens with zero attached hydrogens (tertiary/aromatic N) is 1. The Hall–Kier alpha value is 0.557. The monoisotopic (exact) mass is 161 g/mol. The molecule has 1 saturated heterocycles. The van der Waals surface area contributed by atoms with Crippen LogP contribution in [0.4, 0.5) is 0 Å².